The zero-order valence-corrected chi connectivity index (χ0v) is 17.0. The fraction of sp³-hybridized carbons (Fsp3) is 0.120. The number of pyridine rings is 1. The maximum atomic E-state index is 11.5. The van der Waals surface area contributed by atoms with Crippen molar-refractivity contribution in [1.82, 2.24) is 4.57 Å². The van der Waals surface area contributed by atoms with Crippen LogP contribution in [0.5, 0.6) is 0 Å². The maximum Gasteiger partial charge on any atom is 0.336 e. The number of nitrogens with zero attached hydrogens (tertiary/aromatic N) is 2. The van der Waals surface area contributed by atoms with E-state index in [0.717, 1.165) is 33.9 Å². The zero-order valence-electron chi connectivity index (χ0n) is 17.0. The number of benzene rings is 3. The van der Waals surface area contributed by atoms with Crippen LogP contribution in [0.1, 0.15) is 23.0 Å². The summed E-state index contributed by atoms with van der Waals surface area (Å²) in [6.07, 6.45) is 0.918. The Morgan fingerprint density at radius 3 is 2.43 bits per heavy atom. The van der Waals surface area contributed by atoms with Gasteiger partial charge < -0.3 is 9.67 Å². The standard InChI is InChI=1S/C25H23N3O2/c1-3-19-16-23(22-10-6-7-11-24(22)28(19)2)27-26-18-14-12-17(13-15-18)20-8-4-5-9-21(20)25(29)30/h4-16,26H,3H2,1-2H3,(H,29,30). The molecule has 1 aromatic heterocycles. The Hall–Kier alpha value is -3.86. The van der Waals surface area contributed by atoms with E-state index in [1.807, 2.05) is 48.5 Å². The molecule has 0 saturated carbocycles. The third-order valence-electron chi connectivity index (χ3n) is 5.30. The fourth-order valence-electron chi connectivity index (χ4n) is 3.67. The van der Waals surface area contributed by atoms with Crippen molar-refractivity contribution in [2.75, 3.05) is 5.43 Å². The number of aromatic carboxylic acids is 1. The van der Waals surface area contributed by atoms with Crippen LogP contribution in [0.3, 0.4) is 0 Å². The Kier molecular flexibility index (Phi) is 5.35. The zero-order chi connectivity index (χ0) is 21.1. The van der Waals surface area contributed by atoms with Crippen molar-refractivity contribution in [1.29, 1.82) is 0 Å². The van der Waals surface area contributed by atoms with Crippen molar-refractivity contribution >= 4 is 22.6 Å². The van der Waals surface area contributed by atoms with Gasteiger partial charge in [-0.25, -0.2) is 4.79 Å². The van der Waals surface area contributed by atoms with Gasteiger partial charge in [-0.3, -0.25) is 5.43 Å². The van der Waals surface area contributed by atoms with E-state index < -0.39 is 5.97 Å². The predicted molar refractivity (Wildman–Crippen MR) is 120 cm³/mol. The molecule has 0 saturated heterocycles. The average molecular weight is 397 g/mol. The van der Waals surface area contributed by atoms with Gasteiger partial charge in [-0.15, -0.1) is 0 Å². The van der Waals surface area contributed by atoms with Gasteiger partial charge in [-0.2, -0.15) is 5.10 Å². The largest absolute Gasteiger partial charge is 0.478 e. The third-order valence-corrected chi connectivity index (χ3v) is 5.30. The quantitative estimate of drug-likeness (QED) is 0.464. The lowest BCUT2D eigenvalue weighted by Crippen LogP contribution is -2.14. The number of hydrogen-bond acceptors (Lipinski definition) is 3. The number of anilines is 1. The Morgan fingerprint density at radius 1 is 1.00 bits per heavy atom. The molecule has 0 aliphatic carbocycles. The number of hydrogen-bond donors (Lipinski definition) is 2. The molecule has 4 rings (SSSR count). The highest BCUT2D eigenvalue weighted by Gasteiger charge is 2.10. The number of aryl methyl sites for hydroxylation is 2. The van der Waals surface area contributed by atoms with E-state index >= 15 is 0 Å². The van der Waals surface area contributed by atoms with Crippen molar-refractivity contribution in [3.05, 3.63) is 95.5 Å². The monoisotopic (exact) mass is 397 g/mol. The first kappa shape index (κ1) is 19.5. The molecule has 0 amide bonds. The molecule has 5 nitrogen and oxygen atoms in total. The van der Waals surface area contributed by atoms with Gasteiger partial charge >= 0.3 is 5.97 Å². The molecular weight excluding hydrogens is 374 g/mol. The normalized spacial score (nSPS) is 11.6. The number of carboxylic acid groups (broad SMARTS) is 1. The number of fused-ring (bicyclic) bond motifs is 1. The SMILES string of the molecule is CCc1cc(=NNc2ccc(-c3ccccc3C(=O)O)cc2)c2ccccc2n1C. The van der Waals surface area contributed by atoms with Crippen LogP contribution >= 0.6 is 0 Å². The summed E-state index contributed by atoms with van der Waals surface area (Å²) in [4.78, 5) is 11.5. The Balaban J connectivity index is 1.68. The van der Waals surface area contributed by atoms with E-state index in [9.17, 15) is 9.90 Å². The van der Waals surface area contributed by atoms with E-state index in [-0.39, 0.29) is 0 Å². The number of nitrogens with one attached hydrogen (secondary N) is 1. The smallest absolute Gasteiger partial charge is 0.336 e. The molecule has 150 valence electrons. The van der Waals surface area contributed by atoms with Crippen LogP contribution in [0.25, 0.3) is 22.0 Å². The van der Waals surface area contributed by atoms with E-state index in [1.165, 1.54) is 5.69 Å². The van der Waals surface area contributed by atoms with Crippen molar-refractivity contribution in [3.63, 3.8) is 0 Å². The molecule has 0 unspecified atom stereocenters. The van der Waals surface area contributed by atoms with Gasteiger partial charge in [0.15, 0.2) is 0 Å². The molecule has 0 radical (unpaired) electrons. The van der Waals surface area contributed by atoms with Crippen molar-refractivity contribution < 1.29 is 9.90 Å². The molecule has 0 fully saturated rings. The van der Waals surface area contributed by atoms with Crippen LogP contribution in [0.15, 0.2) is 84.0 Å². The van der Waals surface area contributed by atoms with Crippen molar-refractivity contribution in [2.24, 2.45) is 12.1 Å². The second kappa shape index (κ2) is 8.25. The van der Waals surface area contributed by atoms with E-state index in [2.05, 4.69) is 47.3 Å². The molecule has 30 heavy (non-hydrogen) atoms. The highest BCUT2D eigenvalue weighted by atomic mass is 16.4. The van der Waals surface area contributed by atoms with Crippen molar-refractivity contribution in [3.8, 4) is 11.1 Å². The van der Waals surface area contributed by atoms with E-state index in [4.69, 9.17) is 0 Å². The second-order valence-electron chi connectivity index (χ2n) is 7.10. The molecule has 0 aliphatic heterocycles. The van der Waals surface area contributed by atoms with Gasteiger partial charge in [0, 0.05) is 18.1 Å². The Bertz CT molecular complexity index is 1290. The molecule has 0 bridgehead atoms. The van der Waals surface area contributed by atoms with Crippen LogP contribution in [0.2, 0.25) is 0 Å². The molecule has 1 heterocycles. The summed E-state index contributed by atoms with van der Waals surface area (Å²) < 4.78 is 2.20. The highest BCUT2D eigenvalue weighted by Crippen LogP contribution is 2.25. The van der Waals surface area contributed by atoms with Gasteiger partial charge in [0.2, 0.25) is 0 Å². The minimum atomic E-state index is -0.932. The number of rotatable bonds is 5. The van der Waals surface area contributed by atoms with Crippen LogP contribution in [-0.2, 0) is 13.5 Å². The van der Waals surface area contributed by atoms with Crippen LogP contribution in [0, 0.1) is 0 Å². The molecule has 0 aliphatic rings. The highest BCUT2D eigenvalue weighted by molar-refractivity contribution is 5.96. The summed E-state index contributed by atoms with van der Waals surface area (Å²) in [5.41, 5.74) is 8.15. The molecular formula is C25H23N3O2. The summed E-state index contributed by atoms with van der Waals surface area (Å²) >= 11 is 0. The lowest BCUT2D eigenvalue weighted by molar-refractivity contribution is 0.0697. The van der Waals surface area contributed by atoms with Gasteiger partial charge in [0.1, 0.15) is 0 Å². The maximum absolute atomic E-state index is 11.5. The Morgan fingerprint density at radius 2 is 1.70 bits per heavy atom. The number of para-hydroxylation sites is 1. The van der Waals surface area contributed by atoms with Gasteiger partial charge in [0.05, 0.1) is 22.1 Å². The Labute approximate surface area is 174 Å². The summed E-state index contributed by atoms with van der Waals surface area (Å²) in [5.74, 6) is -0.932. The first-order chi connectivity index (χ1) is 14.6. The molecule has 3 aromatic carbocycles. The lowest BCUT2D eigenvalue weighted by atomic mass is 10.00. The first-order valence-corrected chi connectivity index (χ1v) is 9.88. The average Bonchev–Trinajstić information content (AvgIpc) is 2.79. The van der Waals surface area contributed by atoms with E-state index in [1.54, 1.807) is 12.1 Å². The molecule has 0 atom stereocenters. The third kappa shape index (κ3) is 3.70. The topological polar surface area (TPSA) is 66.6 Å². The minimum absolute atomic E-state index is 0.290. The van der Waals surface area contributed by atoms with Crippen LogP contribution in [0.4, 0.5) is 5.69 Å². The molecule has 4 aromatic rings. The fourth-order valence-corrected chi connectivity index (χ4v) is 3.67. The minimum Gasteiger partial charge on any atom is -0.478 e. The predicted octanol–water partition coefficient (Wildman–Crippen LogP) is 5.03. The van der Waals surface area contributed by atoms with E-state index in [0.29, 0.717) is 11.1 Å². The van der Waals surface area contributed by atoms with Crippen LogP contribution < -0.4 is 10.8 Å². The van der Waals surface area contributed by atoms with Gasteiger partial charge in [-0.1, -0.05) is 55.5 Å². The summed E-state index contributed by atoms with van der Waals surface area (Å²) in [6.45, 7) is 2.13. The number of carbonyl (C=O) groups is 1. The summed E-state index contributed by atoms with van der Waals surface area (Å²) in [7, 11) is 2.08. The second-order valence-corrected chi connectivity index (χ2v) is 7.10. The molecule has 5 heteroatoms. The summed E-state index contributed by atoms with van der Waals surface area (Å²) in [5, 5.41) is 16.0. The first-order valence-electron chi connectivity index (χ1n) is 9.88. The van der Waals surface area contributed by atoms with Gasteiger partial charge in [0.25, 0.3) is 0 Å². The lowest BCUT2D eigenvalue weighted by Gasteiger charge is -2.12. The number of aromatic nitrogens is 1. The van der Waals surface area contributed by atoms with Crippen LogP contribution in [-0.4, -0.2) is 15.6 Å². The van der Waals surface area contributed by atoms with Gasteiger partial charge in [-0.05, 0) is 47.9 Å². The van der Waals surface area contributed by atoms with Crippen molar-refractivity contribution in [2.45, 2.75) is 13.3 Å². The molecule has 0 spiro atoms. The molecule has 2 N–H and O–H groups in total. The summed E-state index contributed by atoms with van der Waals surface area (Å²) in [6, 6.07) is 25.0. The number of carboxylic acids is 1.